The fraction of sp³-hybridized carbons (Fsp3) is 0.312. The summed E-state index contributed by atoms with van der Waals surface area (Å²) in [4.78, 5) is 22.5. The molecule has 0 bridgehead atoms. The molecule has 0 spiro atoms. The molecule has 1 heterocycles. The Kier molecular flexibility index (Phi) is 5.45. The standard InChI is InChI=1S/C16H16F3N3O3/c1-10-4-6-11(7-5-10)22-14(16(17,18)19)12(9-21-22)15(25)20-8-2-3-13(23)24/h4-7,9H,2-3,8H2,1H3,(H,20,25)(H,23,24). The van der Waals surface area contributed by atoms with Crippen molar-refractivity contribution in [1.29, 1.82) is 0 Å². The topological polar surface area (TPSA) is 84.2 Å². The summed E-state index contributed by atoms with van der Waals surface area (Å²) in [5.41, 5.74) is -0.723. The molecule has 0 saturated heterocycles. The highest BCUT2D eigenvalue weighted by atomic mass is 19.4. The highest BCUT2D eigenvalue weighted by Gasteiger charge is 2.40. The van der Waals surface area contributed by atoms with E-state index in [4.69, 9.17) is 5.11 Å². The van der Waals surface area contributed by atoms with Crippen molar-refractivity contribution < 1.29 is 27.9 Å². The molecular formula is C16H16F3N3O3. The van der Waals surface area contributed by atoms with E-state index in [0.29, 0.717) is 4.68 Å². The summed E-state index contributed by atoms with van der Waals surface area (Å²) in [7, 11) is 0. The highest BCUT2D eigenvalue weighted by molar-refractivity contribution is 5.95. The molecule has 6 nitrogen and oxygen atoms in total. The number of rotatable bonds is 6. The van der Waals surface area contributed by atoms with E-state index in [1.807, 2.05) is 0 Å². The van der Waals surface area contributed by atoms with Crippen LogP contribution in [-0.2, 0) is 11.0 Å². The first-order valence-corrected chi connectivity index (χ1v) is 7.42. The molecule has 0 saturated carbocycles. The molecule has 25 heavy (non-hydrogen) atoms. The Balaban J connectivity index is 2.28. The Morgan fingerprint density at radius 3 is 2.44 bits per heavy atom. The van der Waals surface area contributed by atoms with Gasteiger partial charge in [-0.1, -0.05) is 17.7 Å². The monoisotopic (exact) mass is 355 g/mol. The maximum Gasteiger partial charge on any atom is 0.434 e. The zero-order valence-electron chi connectivity index (χ0n) is 13.3. The summed E-state index contributed by atoms with van der Waals surface area (Å²) in [6.45, 7) is 1.76. The quantitative estimate of drug-likeness (QED) is 0.781. The van der Waals surface area contributed by atoms with Crippen molar-refractivity contribution in [3.05, 3.63) is 47.3 Å². The second kappa shape index (κ2) is 7.37. The Labute approximate surface area is 141 Å². The third-order valence-corrected chi connectivity index (χ3v) is 3.41. The summed E-state index contributed by atoms with van der Waals surface area (Å²) in [5.74, 6) is -1.99. The van der Waals surface area contributed by atoms with Crippen LogP contribution in [0.25, 0.3) is 5.69 Å². The van der Waals surface area contributed by atoms with Crippen molar-refractivity contribution in [1.82, 2.24) is 15.1 Å². The maximum atomic E-state index is 13.4. The molecular weight excluding hydrogens is 339 g/mol. The van der Waals surface area contributed by atoms with E-state index in [1.54, 1.807) is 19.1 Å². The van der Waals surface area contributed by atoms with E-state index in [-0.39, 0.29) is 25.1 Å². The van der Waals surface area contributed by atoms with Crippen LogP contribution in [0.5, 0.6) is 0 Å². The maximum absolute atomic E-state index is 13.4. The molecule has 9 heteroatoms. The predicted molar refractivity (Wildman–Crippen MR) is 82.5 cm³/mol. The van der Waals surface area contributed by atoms with E-state index in [1.165, 1.54) is 12.1 Å². The number of aliphatic carboxylic acids is 1. The Hall–Kier alpha value is -2.84. The van der Waals surface area contributed by atoms with Gasteiger partial charge in [0.25, 0.3) is 5.91 Å². The van der Waals surface area contributed by atoms with Crippen molar-refractivity contribution in [3.8, 4) is 5.69 Å². The Bertz CT molecular complexity index is 767. The van der Waals surface area contributed by atoms with Crippen LogP contribution < -0.4 is 5.32 Å². The van der Waals surface area contributed by atoms with Gasteiger partial charge in [-0.3, -0.25) is 9.59 Å². The van der Waals surface area contributed by atoms with Gasteiger partial charge in [0.05, 0.1) is 17.4 Å². The van der Waals surface area contributed by atoms with Crippen LogP contribution in [0, 0.1) is 6.92 Å². The SMILES string of the molecule is Cc1ccc(-n2ncc(C(=O)NCCCC(=O)O)c2C(F)(F)F)cc1. The Morgan fingerprint density at radius 1 is 1.24 bits per heavy atom. The summed E-state index contributed by atoms with van der Waals surface area (Å²) >= 11 is 0. The lowest BCUT2D eigenvalue weighted by Gasteiger charge is -2.13. The first kappa shape index (κ1) is 18.5. The van der Waals surface area contributed by atoms with Gasteiger partial charge in [-0.2, -0.15) is 18.3 Å². The summed E-state index contributed by atoms with van der Waals surface area (Å²) in [6.07, 6.45) is -3.99. The lowest BCUT2D eigenvalue weighted by Crippen LogP contribution is -2.27. The summed E-state index contributed by atoms with van der Waals surface area (Å²) < 4.78 is 41.0. The van der Waals surface area contributed by atoms with Gasteiger partial charge in [-0.25, -0.2) is 4.68 Å². The Morgan fingerprint density at radius 2 is 1.88 bits per heavy atom. The molecule has 0 unspecified atom stereocenters. The molecule has 0 aliphatic carbocycles. The number of carboxylic acid groups (broad SMARTS) is 1. The number of aryl methyl sites for hydroxylation is 1. The van der Waals surface area contributed by atoms with Gasteiger partial charge in [0, 0.05) is 13.0 Å². The minimum atomic E-state index is -4.78. The minimum Gasteiger partial charge on any atom is -0.481 e. The molecule has 2 N–H and O–H groups in total. The molecule has 0 atom stereocenters. The number of carbonyl (C=O) groups is 2. The van der Waals surface area contributed by atoms with Crippen molar-refractivity contribution in [2.24, 2.45) is 0 Å². The molecule has 0 aliphatic rings. The fourth-order valence-electron chi connectivity index (χ4n) is 2.21. The number of amides is 1. The van der Waals surface area contributed by atoms with E-state index in [0.717, 1.165) is 11.8 Å². The smallest absolute Gasteiger partial charge is 0.434 e. The number of nitrogens with one attached hydrogen (secondary N) is 1. The van der Waals surface area contributed by atoms with Crippen molar-refractivity contribution >= 4 is 11.9 Å². The largest absolute Gasteiger partial charge is 0.481 e. The average Bonchev–Trinajstić information content (AvgIpc) is 2.97. The number of halogens is 3. The van der Waals surface area contributed by atoms with E-state index < -0.39 is 29.3 Å². The van der Waals surface area contributed by atoms with Crippen LogP contribution in [0.3, 0.4) is 0 Å². The molecule has 1 aromatic heterocycles. The number of hydrogen-bond acceptors (Lipinski definition) is 3. The van der Waals surface area contributed by atoms with Gasteiger partial charge in [-0.15, -0.1) is 0 Å². The minimum absolute atomic E-state index is 0.0435. The fourth-order valence-corrected chi connectivity index (χ4v) is 2.21. The van der Waals surface area contributed by atoms with Crippen LogP contribution in [0.2, 0.25) is 0 Å². The molecule has 1 aromatic carbocycles. The second-order valence-electron chi connectivity index (χ2n) is 5.41. The second-order valence-corrected chi connectivity index (χ2v) is 5.41. The lowest BCUT2D eigenvalue weighted by atomic mass is 10.2. The third-order valence-electron chi connectivity index (χ3n) is 3.41. The van der Waals surface area contributed by atoms with Crippen LogP contribution in [0.15, 0.2) is 30.5 Å². The highest BCUT2D eigenvalue weighted by Crippen LogP contribution is 2.33. The number of carboxylic acids is 1. The lowest BCUT2D eigenvalue weighted by molar-refractivity contribution is -0.143. The van der Waals surface area contributed by atoms with Crippen LogP contribution in [0.4, 0.5) is 13.2 Å². The molecule has 0 radical (unpaired) electrons. The first-order valence-electron chi connectivity index (χ1n) is 7.42. The van der Waals surface area contributed by atoms with Crippen molar-refractivity contribution in [2.45, 2.75) is 25.9 Å². The summed E-state index contributed by atoms with van der Waals surface area (Å²) in [6, 6.07) is 6.24. The van der Waals surface area contributed by atoms with Crippen molar-refractivity contribution in [3.63, 3.8) is 0 Å². The van der Waals surface area contributed by atoms with Crippen LogP contribution in [-0.4, -0.2) is 33.3 Å². The first-order chi connectivity index (χ1) is 11.7. The number of aromatic nitrogens is 2. The zero-order chi connectivity index (χ0) is 18.6. The van der Waals surface area contributed by atoms with Crippen LogP contribution >= 0.6 is 0 Å². The third kappa shape index (κ3) is 4.59. The van der Waals surface area contributed by atoms with E-state index in [2.05, 4.69) is 10.4 Å². The van der Waals surface area contributed by atoms with E-state index >= 15 is 0 Å². The van der Waals surface area contributed by atoms with E-state index in [9.17, 15) is 22.8 Å². The van der Waals surface area contributed by atoms with Gasteiger partial charge < -0.3 is 10.4 Å². The number of hydrogen-bond donors (Lipinski definition) is 2. The molecule has 1 amide bonds. The molecule has 134 valence electrons. The van der Waals surface area contributed by atoms with Gasteiger partial charge in [0.2, 0.25) is 0 Å². The predicted octanol–water partition coefficient (Wildman–Crippen LogP) is 2.79. The normalized spacial score (nSPS) is 11.4. The molecule has 0 fully saturated rings. The number of benzene rings is 1. The molecule has 2 rings (SSSR count). The van der Waals surface area contributed by atoms with Crippen LogP contribution in [0.1, 0.15) is 34.5 Å². The molecule has 0 aliphatic heterocycles. The average molecular weight is 355 g/mol. The van der Waals surface area contributed by atoms with Gasteiger partial charge >= 0.3 is 12.1 Å². The number of nitrogens with zero attached hydrogens (tertiary/aromatic N) is 2. The summed E-state index contributed by atoms with van der Waals surface area (Å²) in [5, 5.41) is 14.5. The molecule has 2 aromatic rings. The van der Waals surface area contributed by atoms with Gasteiger partial charge in [0.1, 0.15) is 0 Å². The number of carbonyl (C=O) groups excluding carboxylic acids is 1. The van der Waals surface area contributed by atoms with Gasteiger partial charge in [0.15, 0.2) is 5.69 Å². The van der Waals surface area contributed by atoms with Crippen molar-refractivity contribution in [2.75, 3.05) is 6.54 Å². The zero-order valence-corrected chi connectivity index (χ0v) is 13.3. The van der Waals surface area contributed by atoms with Gasteiger partial charge in [-0.05, 0) is 25.5 Å². The number of alkyl halides is 3.